The van der Waals surface area contributed by atoms with E-state index in [4.69, 9.17) is 0 Å². The minimum absolute atomic E-state index is 0.0876. The van der Waals surface area contributed by atoms with Crippen LogP contribution in [0.4, 0.5) is 0 Å². The minimum Gasteiger partial charge on any atom is -0.311 e. The molecule has 4 saturated carbocycles. The number of hydrogen-bond donors (Lipinski definition) is 4. The standard InChI is InChI=1S/C14H26N3O7PS2/c18-25(19,20)17(26(21,22)15-13-7-9-1-3-11(13)5-9)27(23,24)16-14-8-10-2-4-12(14)6-10/h9-16H,1-8H2,(H2,18,19,20)/t9-,10+,11+,12-,13+,14-. The smallest absolute Gasteiger partial charge is 0.311 e. The fraction of sp³-hybridized carbons (Fsp3) is 1.00. The summed E-state index contributed by atoms with van der Waals surface area (Å²) in [6.45, 7) is 0. The van der Waals surface area contributed by atoms with Gasteiger partial charge in [0.2, 0.25) is 0 Å². The predicted molar refractivity (Wildman–Crippen MR) is 96.5 cm³/mol. The van der Waals surface area contributed by atoms with E-state index in [0.717, 1.165) is 38.5 Å². The number of rotatable bonds is 7. The van der Waals surface area contributed by atoms with Gasteiger partial charge >= 0.3 is 28.2 Å². The molecular formula is C14H26N3O7PS2. The Morgan fingerprint density at radius 3 is 1.41 bits per heavy atom. The van der Waals surface area contributed by atoms with Crippen molar-refractivity contribution in [2.24, 2.45) is 23.7 Å². The molecule has 0 aromatic heterocycles. The van der Waals surface area contributed by atoms with Crippen molar-refractivity contribution >= 4 is 28.2 Å². The average Bonchev–Trinajstić information content (AvgIpc) is 3.23. The molecule has 10 nitrogen and oxygen atoms in total. The van der Waals surface area contributed by atoms with Gasteiger partial charge in [-0.15, -0.1) is 0 Å². The fourth-order valence-electron chi connectivity index (χ4n) is 5.66. The van der Waals surface area contributed by atoms with Gasteiger partial charge in [-0.25, -0.2) is 4.57 Å². The van der Waals surface area contributed by atoms with Crippen LogP contribution in [0.3, 0.4) is 0 Å². The van der Waals surface area contributed by atoms with Gasteiger partial charge in [-0.3, -0.25) is 0 Å². The molecule has 0 aromatic rings. The van der Waals surface area contributed by atoms with E-state index in [1.54, 1.807) is 0 Å². The molecule has 0 heterocycles. The summed E-state index contributed by atoms with van der Waals surface area (Å²) in [4.78, 5) is 19.1. The van der Waals surface area contributed by atoms with Gasteiger partial charge in [0.15, 0.2) is 0 Å². The van der Waals surface area contributed by atoms with Gasteiger partial charge < -0.3 is 9.79 Å². The van der Waals surface area contributed by atoms with Gasteiger partial charge in [-0.05, 0) is 62.2 Å². The van der Waals surface area contributed by atoms with Gasteiger partial charge in [-0.1, -0.05) is 12.8 Å². The molecule has 0 aromatic carbocycles. The maximum absolute atomic E-state index is 12.7. The predicted octanol–water partition coefficient (Wildman–Crippen LogP) is 0.427. The summed E-state index contributed by atoms with van der Waals surface area (Å²) in [6.07, 6.45) is 6.55. The van der Waals surface area contributed by atoms with E-state index in [1.807, 2.05) is 0 Å². The van der Waals surface area contributed by atoms with Crippen LogP contribution in [-0.4, -0.2) is 42.2 Å². The summed E-state index contributed by atoms with van der Waals surface area (Å²) < 4.78 is 66.5. The lowest BCUT2D eigenvalue weighted by molar-refractivity contribution is 0.336. The summed E-state index contributed by atoms with van der Waals surface area (Å²) in [7, 11) is -15.5. The molecule has 6 atom stereocenters. The Morgan fingerprint density at radius 2 is 1.15 bits per heavy atom. The third kappa shape index (κ3) is 3.87. The van der Waals surface area contributed by atoms with E-state index in [1.165, 1.54) is 0 Å². The van der Waals surface area contributed by atoms with E-state index in [2.05, 4.69) is 9.44 Å². The highest BCUT2D eigenvalue weighted by Gasteiger charge is 2.52. The Labute approximate surface area is 159 Å². The molecule has 4 rings (SSSR count). The lowest BCUT2D eigenvalue weighted by Crippen LogP contribution is -2.53. The van der Waals surface area contributed by atoms with Crippen molar-refractivity contribution in [3.63, 3.8) is 0 Å². The van der Waals surface area contributed by atoms with Crippen LogP contribution < -0.4 is 9.44 Å². The normalized spacial score (nSPS) is 38.9. The number of hydrogen-bond acceptors (Lipinski definition) is 5. The molecule has 156 valence electrons. The fourth-order valence-corrected chi connectivity index (χ4v) is 11.0. The molecule has 0 spiro atoms. The first-order valence-electron chi connectivity index (χ1n) is 9.37. The molecule has 4 aliphatic rings. The third-order valence-corrected chi connectivity index (χ3v) is 12.9. The molecular weight excluding hydrogens is 417 g/mol. The van der Waals surface area contributed by atoms with Crippen molar-refractivity contribution in [1.29, 1.82) is 0 Å². The van der Waals surface area contributed by atoms with Crippen LogP contribution in [0.1, 0.15) is 51.4 Å². The van der Waals surface area contributed by atoms with Crippen molar-refractivity contribution in [3.8, 4) is 0 Å². The summed E-state index contributed by atoms with van der Waals surface area (Å²) >= 11 is 0. The van der Waals surface area contributed by atoms with E-state index in [9.17, 15) is 31.2 Å². The summed E-state index contributed by atoms with van der Waals surface area (Å²) in [6, 6.07) is -0.971. The average molecular weight is 443 g/mol. The van der Waals surface area contributed by atoms with Crippen molar-refractivity contribution < 1.29 is 31.2 Å². The number of fused-ring (bicyclic) bond motifs is 4. The monoisotopic (exact) mass is 443 g/mol. The summed E-state index contributed by atoms with van der Waals surface area (Å²) in [5, 5.41) is 0. The van der Waals surface area contributed by atoms with Crippen molar-refractivity contribution in [2.45, 2.75) is 63.5 Å². The molecule has 0 radical (unpaired) electrons. The quantitative estimate of drug-likeness (QED) is 0.416. The molecule has 0 aliphatic heterocycles. The highest BCUT2D eigenvalue weighted by Crippen LogP contribution is 2.49. The second-order valence-corrected chi connectivity index (χ2v) is 13.8. The van der Waals surface area contributed by atoms with Crippen LogP contribution in [-0.2, 0) is 25.0 Å². The molecule has 4 bridgehead atoms. The molecule has 0 amide bonds. The van der Waals surface area contributed by atoms with Gasteiger partial charge in [0.05, 0.1) is 0 Å². The molecule has 4 fully saturated rings. The minimum atomic E-state index is -5.63. The highest BCUT2D eigenvalue weighted by molar-refractivity contribution is 8.08. The largest absolute Gasteiger partial charge is 0.432 e. The first kappa shape index (κ1) is 20.2. The Hall–Kier alpha value is -0.0700. The van der Waals surface area contributed by atoms with Crippen LogP contribution in [0, 0.1) is 23.7 Å². The van der Waals surface area contributed by atoms with Crippen LogP contribution in [0.15, 0.2) is 0 Å². The van der Waals surface area contributed by atoms with Crippen molar-refractivity contribution in [2.75, 3.05) is 0 Å². The number of nitrogens with zero attached hydrogens (tertiary/aromatic N) is 1. The maximum Gasteiger partial charge on any atom is 0.432 e. The molecule has 0 saturated heterocycles. The first-order valence-corrected chi connectivity index (χ1v) is 13.8. The molecule has 27 heavy (non-hydrogen) atoms. The van der Waals surface area contributed by atoms with Gasteiger partial charge in [0, 0.05) is 15.6 Å². The van der Waals surface area contributed by atoms with Crippen LogP contribution in [0.2, 0.25) is 0 Å². The van der Waals surface area contributed by atoms with Crippen LogP contribution in [0.25, 0.3) is 0 Å². The zero-order valence-electron chi connectivity index (χ0n) is 14.8. The zero-order valence-corrected chi connectivity index (χ0v) is 17.3. The molecule has 0 unspecified atom stereocenters. The second kappa shape index (κ2) is 6.73. The Bertz CT molecular complexity index is 798. The van der Waals surface area contributed by atoms with Crippen LogP contribution >= 0.6 is 7.75 Å². The molecule has 4 N–H and O–H groups in total. The van der Waals surface area contributed by atoms with Crippen LogP contribution in [0.5, 0.6) is 0 Å². The molecule has 4 aliphatic carbocycles. The maximum atomic E-state index is 12.7. The van der Waals surface area contributed by atoms with E-state index >= 15 is 0 Å². The SMILES string of the molecule is O=P(O)(O)N(S(=O)(=O)N[C@H]1C[C@@H]2CC[C@H]1C2)S(=O)(=O)N[C@@H]1C[C@H]2CC[C@@H]1C2. The Kier molecular flexibility index (Phi) is 5.04. The van der Waals surface area contributed by atoms with E-state index < -0.39 is 43.7 Å². The summed E-state index contributed by atoms with van der Waals surface area (Å²) in [5.41, 5.74) is 0. The lowest BCUT2D eigenvalue weighted by Gasteiger charge is -2.30. The molecule has 13 heteroatoms. The Balaban J connectivity index is 1.55. The topological polar surface area (TPSA) is 153 Å². The van der Waals surface area contributed by atoms with E-state index in [-0.39, 0.29) is 11.8 Å². The van der Waals surface area contributed by atoms with Gasteiger partial charge in [-0.2, -0.15) is 26.3 Å². The first-order chi connectivity index (χ1) is 12.5. The van der Waals surface area contributed by atoms with E-state index in [0.29, 0.717) is 24.7 Å². The van der Waals surface area contributed by atoms with Gasteiger partial charge in [0.25, 0.3) is 0 Å². The second-order valence-electron chi connectivity index (χ2n) is 8.50. The van der Waals surface area contributed by atoms with Crippen molar-refractivity contribution in [3.05, 3.63) is 0 Å². The lowest BCUT2D eigenvalue weighted by atomic mass is 9.96. The van der Waals surface area contributed by atoms with Gasteiger partial charge in [0.1, 0.15) is 0 Å². The Morgan fingerprint density at radius 1 is 0.741 bits per heavy atom. The van der Waals surface area contributed by atoms with Crippen molar-refractivity contribution in [1.82, 2.24) is 12.9 Å². The summed E-state index contributed by atoms with van der Waals surface area (Å²) in [5.74, 6) is 0.944. The number of nitrogens with one attached hydrogen (secondary N) is 2. The highest BCUT2D eigenvalue weighted by atomic mass is 32.3. The zero-order chi connectivity index (χ0) is 19.6. The third-order valence-electron chi connectivity index (χ3n) is 6.70.